The van der Waals surface area contributed by atoms with Gasteiger partial charge in [0.05, 0.1) is 0 Å². The molecule has 2 atom stereocenters. The summed E-state index contributed by atoms with van der Waals surface area (Å²) < 4.78 is 0. The van der Waals surface area contributed by atoms with Crippen molar-refractivity contribution in [2.75, 3.05) is 0 Å². The van der Waals surface area contributed by atoms with Crippen LogP contribution in [0, 0.1) is 12.8 Å². The van der Waals surface area contributed by atoms with Crippen LogP contribution in [0.15, 0.2) is 24.3 Å². The normalized spacial score (nSPS) is 15.1. The van der Waals surface area contributed by atoms with Crippen molar-refractivity contribution in [3.63, 3.8) is 0 Å². The molecule has 0 saturated carbocycles. The molecule has 0 saturated heterocycles. The Balaban J connectivity index is 2.51. The summed E-state index contributed by atoms with van der Waals surface area (Å²) in [4.78, 5) is 0. The molecule has 1 aromatic carbocycles. The van der Waals surface area contributed by atoms with Crippen molar-refractivity contribution in [3.05, 3.63) is 35.4 Å². The molecule has 0 amide bonds. The maximum atomic E-state index is 3.65. The lowest BCUT2D eigenvalue weighted by atomic mass is 10.0. The summed E-state index contributed by atoms with van der Waals surface area (Å²) in [5, 5.41) is 3.65. The number of hydrogen-bond donors (Lipinski definition) is 1. The summed E-state index contributed by atoms with van der Waals surface area (Å²) in [5.41, 5.74) is 2.70. The number of benzene rings is 1. The SMILES string of the molecule is Cc1ccc(C(C)NC(C)CC(C)C)cc1. The number of rotatable bonds is 5. The van der Waals surface area contributed by atoms with Gasteiger partial charge < -0.3 is 5.32 Å². The van der Waals surface area contributed by atoms with Crippen molar-refractivity contribution >= 4 is 0 Å². The van der Waals surface area contributed by atoms with E-state index in [2.05, 4.69) is 64.2 Å². The fourth-order valence-corrected chi connectivity index (χ4v) is 2.15. The van der Waals surface area contributed by atoms with E-state index in [4.69, 9.17) is 0 Å². The van der Waals surface area contributed by atoms with Gasteiger partial charge in [-0.2, -0.15) is 0 Å². The minimum Gasteiger partial charge on any atom is -0.308 e. The summed E-state index contributed by atoms with van der Waals surface area (Å²) in [7, 11) is 0. The molecule has 1 rings (SSSR count). The maximum Gasteiger partial charge on any atom is 0.0294 e. The van der Waals surface area contributed by atoms with E-state index in [1.54, 1.807) is 0 Å². The number of aryl methyl sites for hydroxylation is 1. The van der Waals surface area contributed by atoms with Gasteiger partial charge in [-0.05, 0) is 38.7 Å². The van der Waals surface area contributed by atoms with Crippen molar-refractivity contribution in [3.8, 4) is 0 Å². The predicted octanol–water partition coefficient (Wildman–Crippen LogP) is 4.08. The molecular formula is C15H25N. The summed E-state index contributed by atoms with van der Waals surface area (Å²) in [6.45, 7) is 11.2. The van der Waals surface area contributed by atoms with Crippen LogP contribution in [0.25, 0.3) is 0 Å². The van der Waals surface area contributed by atoms with E-state index < -0.39 is 0 Å². The highest BCUT2D eigenvalue weighted by Crippen LogP contribution is 2.15. The van der Waals surface area contributed by atoms with Gasteiger partial charge in [0.2, 0.25) is 0 Å². The van der Waals surface area contributed by atoms with E-state index in [1.807, 2.05) is 0 Å². The second kappa shape index (κ2) is 6.05. The Morgan fingerprint density at radius 1 is 1.00 bits per heavy atom. The van der Waals surface area contributed by atoms with Crippen molar-refractivity contribution < 1.29 is 0 Å². The molecule has 1 aromatic rings. The van der Waals surface area contributed by atoms with Crippen molar-refractivity contribution in [1.29, 1.82) is 0 Å². The van der Waals surface area contributed by atoms with Crippen LogP contribution >= 0.6 is 0 Å². The average molecular weight is 219 g/mol. The first kappa shape index (κ1) is 13.2. The molecule has 0 fully saturated rings. The second-order valence-electron chi connectivity index (χ2n) is 5.33. The molecule has 1 N–H and O–H groups in total. The first-order valence-electron chi connectivity index (χ1n) is 6.31. The van der Waals surface area contributed by atoms with Crippen LogP contribution in [-0.2, 0) is 0 Å². The zero-order chi connectivity index (χ0) is 12.1. The van der Waals surface area contributed by atoms with Gasteiger partial charge in [-0.15, -0.1) is 0 Å². The molecule has 1 heteroatoms. The molecule has 2 unspecified atom stereocenters. The average Bonchev–Trinajstić information content (AvgIpc) is 2.16. The molecule has 0 aliphatic rings. The standard InChI is InChI=1S/C15H25N/c1-11(2)10-13(4)16-14(5)15-8-6-12(3)7-9-15/h6-9,11,13-14,16H,10H2,1-5H3. The zero-order valence-electron chi connectivity index (χ0n) is 11.2. The summed E-state index contributed by atoms with van der Waals surface area (Å²) >= 11 is 0. The topological polar surface area (TPSA) is 12.0 Å². The molecule has 0 spiro atoms. The van der Waals surface area contributed by atoms with Crippen LogP contribution in [-0.4, -0.2) is 6.04 Å². The monoisotopic (exact) mass is 219 g/mol. The van der Waals surface area contributed by atoms with Crippen molar-refractivity contribution in [2.24, 2.45) is 5.92 Å². The maximum absolute atomic E-state index is 3.65. The van der Waals surface area contributed by atoms with Crippen LogP contribution < -0.4 is 5.32 Å². The van der Waals surface area contributed by atoms with Gasteiger partial charge in [0, 0.05) is 12.1 Å². The molecule has 1 nitrogen and oxygen atoms in total. The van der Waals surface area contributed by atoms with Crippen LogP contribution in [0.3, 0.4) is 0 Å². The molecule has 0 heterocycles. The lowest BCUT2D eigenvalue weighted by molar-refractivity contribution is 0.407. The third-order valence-corrected chi connectivity index (χ3v) is 2.94. The van der Waals surface area contributed by atoms with E-state index >= 15 is 0 Å². The Labute approximate surface area is 100 Å². The second-order valence-corrected chi connectivity index (χ2v) is 5.33. The highest BCUT2D eigenvalue weighted by Gasteiger charge is 2.10. The summed E-state index contributed by atoms with van der Waals surface area (Å²) in [6, 6.07) is 9.82. The Bertz CT molecular complexity index is 300. The van der Waals surface area contributed by atoms with Crippen molar-refractivity contribution in [2.45, 2.75) is 53.1 Å². The van der Waals surface area contributed by atoms with Gasteiger partial charge in [-0.25, -0.2) is 0 Å². The number of hydrogen-bond acceptors (Lipinski definition) is 1. The van der Waals surface area contributed by atoms with E-state index in [1.165, 1.54) is 17.5 Å². The fourth-order valence-electron chi connectivity index (χ4n) is 2.15. The van der Waals surface area contributed by atoms with Gasteiger partial charge in [0.1, 0.15) is 0 Å². The van der Waals surface area contributed by atoms with Gasteiger partial charge in [0.15, 0.2) is 0 Å². The molecule has 0 aliphatic heterocycles. The zero-order valence-corrected chi connectivity index (χ0v) is 11.2. The highest BCUT2D eigenvalue weighted by atomic mass is 14.9. The Morgan fingerprint density at radius 2 is 1.56 bits per heavy atom. The molecule has 16 heavy (non-hydrogen) atoms. The summed E-state index contributed by atoms with van der Waals surface area (Å²) in [5.74, 6) is 0.757. The Kier molecular flexibility index (Phi) is 5.01. The third-order valence-electron chi connectivity index (χ3n) is 2.94. The summed E-state index contributed by atoms with van der Waals surface area (Å²) in [6.07, 6.45) is 1.23. The van der Waals surface area contributed by atoms with Crippen LogP contribution in [0.2, 0.25) is 0 Å². The number of nitrogens with one attached hydrogen (secondary N) is 1. The van der Waals surface area contributed by atoms with E-state index in [0.29, 0.717) is 12.1 Å². The fraction of sp³-hybridized carbons (Fsp3) is 0.600. The lowest BCUT2D eigenvalue weighted by Gasteiger charge is -2.21. The smallest absolute Gasteiger partial charge is 0.0294 e. The predicted molar refractivity (Wildman–Crippen MR) is 71.6 cm³/mol. The van der Waals surface area contributed by atoms with Crippen LogP contribution in [0.5, 0.6) is 0 Å². The molecular weight excluding hydrogens is 194 g/mol. The Hall–Kier alpha value is -0.820. The van der Waals surface area contributed by atoms with Crippen LogP contribution in [0.1, 0.15) is 51.3 Å². The molecule has 0 bridgehead atoms. The minimum atomic E-state index is 0.439. The first-order valence-corrected chi connectivity index (χ1v) is 6.31. The minimum absolute atomic E-state index is 0.439. The Morgan fingerprint density at radius 3 is 2.06 bits per heavy atom. The van der Waals surface area contributed by atoms with Gasteiger partial charge in [0.25, 0.3) is 0 Å². The highest BCUT2D eigenvalue weighted by molar-refractivity contribution is 5.23. The molecule has 0 aromatic heterocycles. The lowest BCUT2D eigenvalue weighted by Crippen LogP contribution is -2.30. The molecule has 90 valence electrons. The third kappa shape index (κ3) is 4.36. The van der Waals surface area contributed by atoms with Gasteiger partial charge in [-0.3, -0.25) is 0 Å². The first-order chi connectivity index (χ1) is 7.49. The molecule has 0 aliphatic carbocycles. The van der Waals surface area contributed by atoms with Gasteiger partial charge in [-0.1, -0.05) is 43.7 Å². The molecule has 0 radical (unpaired) electrons. The van der Waals surface area contributed by atoms with Crippen molar-refractivity contribution in [1.82, 2.24) is 5.32 Å². The van der Waals surface area contributed by atoms with E-state index in [9.17, 15) is 0 Å². The largest absolute Gasteiger partial charge is 0.308 e. The van der Waals surface area contributed by atoms with E-state index in [-0.39, 0.29) is 0 Å². The quantitative estimate of drug-likeness (QED) is 0.787. The van der Waals surface area contributed by atoms with Crippen LogP contribution in [0.4, 0.5) is 0 Å². The van der Waals surface area contributed by atoms with E-state index in [0.717, 1.165) is 5.92 Å². The van der Waals surface area contributed by atoms with Gasteiger partial charge >= 0.3 is 0 Å².